The van der Waals surface area contributed by atoms with Gasteiger partial charge in [-0.25, -0.2) is 14.2 Å². The van der Waals surface area contributed by atoms with Gasteiger partial charge >= 0.3 is 0 Å². The number of nitrogens with one attached hydrogen (secondary N) is 2. The van der Waals surface area contributed by atoms with E-state index in [1.54, 1.807) is 24.3 Å². The van der Waals surface area contributed by atoms with Gasteiger partial charge in [0.25, 0.3) is 5.91 Å². The highest BCUT2D eigenvalue weighted by atomic mass is 19.1. The van der Waals surface area contributed by atoms with Crippen LogP contribution in [0, 0.1) is 6.57 Å². The first-order valence-corrected chi connectivity index (χ1v) is 8.86. The molecule has 142 valence electrons. The van der Waals surface area contributed by atoms with E-state index >= 15 is 0 Å². The van der Waals surface area contributed by atoms with Gasteiger partial charge in [0.05, 0.1) is 12.1 Å². The highest BCUT2D eigenvalue weighted by Gasteiger charge is 2.25. The molecule has 0 unspecified atom stereocenters. The Morgan fingerprint density at radius 2 is 2.25 bits per heavy atom. The Labute approximate surface area is 161 Å². The van der Waals surface area contributed by atoms with Crippen molar-refractivity contribution in [1.82, 2.24) is 14.9 Å². The number of nitrogens with zero attached hydrogens (tertiary/aromatic N) is 3. The van der Waals surface area contributed by atoms with Crippen LogP contribution in [0.5, 0.6) is 5.75 Å². The Balaban J connectivity index is 1.68. The smallest absolute Gasteiger partial charge is 0.253 e. The van der Waals surface area contributed by atoms with Gasteiger partial charge in [-0.1, -0.05) is 6.07 Å². The van der Waals surface area contributed by atoms with E-state index in [0.717, 1.165) is 23.1 Å². The molecule has 1 amide bonds. The van der Waals surface area contributed by atoms with Gasteiger partial charge in [0.15, 0.2) is 0 Å². The zero-order valence-electron chi connectivity index (χ0n) is 15.3. The largest absolute Gasteiger partial charge is 0.502 e. The van der Waals surface area contributed by atoms with Gasteiger partial charge in [0.2, 0.25) is 5.69 Å². The Morgan fingerprint density at radius 3 is 3.04 bits per heavy atom. The summed E-state index contributed by atoms with van der Waals surface area (Å²) in [6.45, 7) is 7.08. The van der Waals surface area contributed by atoms with E-state index in [2.05, 4.69) is 20.5 Å². The normalized spacial score (nSPS) is 13.0. The van der Waals surface area contributed by atoms with E-state index in [1.807, 2.05) is 17.7 Å². The second-order valence-corrected chi connectivity index (χ2v) is 6.41. The zero-order chi connectivity index (χ0) is 19.7. The molecule has 4 rings (SSSR count). The lowest BCUT2D eigenvalue weighted by Crippen LogP contribution is -2.32. The van der Waals surface area contributed by atoms with Gasteiger partial charge in [-0.15, -0.1) is 0 Å². The molecule has 0 saturated carbocycles. The van der Waals surface area contributed by atoms with E-state index in [4.69, 9.17) is 11.3 Å². The molecule has 1 aliphatic heterocycles. The highest BCUT2D eigenvalue weighted by Crippen LogP contribution is 2.33. The number of aryl methyl sites for hydroxylation is 1. The lowest BCUT2D eigenvalue weighted by Gasteiger charge is -2.13. The number of carbonyl (C=O) groups is 1. The second-order valence-electron chi connectivity index (χ2n) is 6.41. The summed E-state index contributed by atoms with van der Waals surface area (Å²) < 4.78 is 19.7. The lowest BCUT2D eigenvalue weighted by atomic mass is 10.1. The van der Waals surface area contributed by atoms with Gasteiger partial charge < -0.3 is 19.9 Å². The number of pyridine rings is 1. The van der Waals surface area contributed by atoms with Gasteiger partial charge in [-0.05, 0) is 24.3 Å². The Kier molecular flexibility index (Phi) is 4.57. The van der Waals surface area contributed by atoms with Crippen molar-refractivity contribution in [3.05, 3.63) is 53.0 Å². The molecule has 0 radical (unpaired) electrons. The first-order valence-electron chi connectivity index (χ1n) is 8.86. The standard InChI is InChI=1S/C20H18FN5O2/c1-22-14-5-3-12(11-16(14)28-10-8-21)24-17-6-4-13-18-15(7-9-23-20(18)27)26(2)19(13)25-17/h3-6,11H,7-10H2,2H3,(H,23,27)(H,24,25). The molecule has 0 fully saturated rings. The molecule has 0 aliphatic carbocycles. The molecule has 3 aromatic rings. The van der Waals surface area contributed by atoms with Crippen LogP contribution in [0.25, 0.3) is 15.9 Å². The van der Waals surface area contributed by atoms with Crippen LogP contribution in [-0.2, 0) is 13.5 Å². The number of aromatic nitrogens is 2. The zero-order valence-corrected chi connectivity index (χ0v) is 15.3. The predicted molar refractivity (Wildman–Crippen MR) is 104 cm³/mol. The molecule has 0 atom stereocenters. The maximum absolute atomic E-state index is 12.4. The summed E-state index contributed by atoms with van der Waals surface area (Å²) in [4.78, 5) is 20.3. The number of hydrogen-bond donors (Lipinski definition) is 2. The molecule has 2 aromatic heterocycles. The van der Waals surface area contributed by atoms with Crippen LogP contribution in [0.4, 0.5) is 21.6 Å². The number of alkyl halides is 1. The van der Waals surface area contributed by atoms with Crippen molar-refractivity contribution in [2.75, 3.05) is 25.1 Å². The van der Waals surface area contributed by atoms with Crippen molar-refractivity contribution in [1.29, 1.82) is 0 Å². The highest BCUT2D eigenvalue weighted by molar-refractivity contribution is 6.08. The number of hydrogen-bond acceptors (Lipinski definition) is 4. The number of halogens is 1. The van der Waals surface area contributed by atoms with E-state index in [0.29, 0.717) is 35.1 Å². The molecule has 0 spiro atoms. The minimum Gasteiger partial charge on any atom is -0.502 e. The van der Waals surface area contributed by atoms with Crippen LogP contribution >= 0.6 is 0 Å². The van der Waals surface area contributed by atoms with Crippen LogP contribution in [0.2, 0.25) is 0 Å². The monoisotopic (exact) mass is 379 g/mol. The maximum Gasteiger partial charge on any atom is 0.253 e. The van der Waals surface area contributed by atoms with Crippen molar-refractivity contribution in [2.45, 2.75) is 6.42 Å². The number of rotatable bonds is 5. The molecule has 0 saturated heterocycles. The second kappa shape index (κ2) is 7.19. The number of carbonyl (C=O) groups excluding carboxylic acids is 1. The Bertz CT molecular complexity index is 1120. The van der Waals surface area contributed by atoms with Crippen LogP contribution in [-0.4, -0.2) is 35.3 Å². The average Bonchev–Trinajstić information content (AvgIpc) is 3.00. The van der Waals surface area contributed by atoms with Gasteiger partial charge in [0.1, 0.15) is 30.5 Å². The fourth-order valence-electron chi connectivity index (χ4n) is 3.44. The maximum atomic E-state index is 12.4. The van der Waals surface area contributed by atoms with E-state index < -0.39 is 6.67 Å². The fraction of sp³-hybridized carbons (Fsp3) is 0.250. The van der Waals surface area contributed by atoms with Gasteiger partial charge in [-0.3, -0.25) is 4.79 Å². The van der Waals surface area contributed by atoms with Crippen molar-refractivity contribution >= 4 is 34.1 Å². The lowest BCUT2D eigenvalue weighted by molar-refractivity contribution is 0.0947. The summed E-state index contributed by atoms with van der Waals surface area (Å²) in [6.07, 6.45) is 0.768. The van der Waals surface area contributed by atoms with Gasteiger partial charge in [0, 0.05) is 36.8 Å². The minimum atomic E-state index is -0.626. The molecule has 28 heavy (non-hydrogen) atoms. The SMILES string of the molecule is [C-]#[N+]c1ccc(Nc2ccc3c4c(n(C)c3n2)CCNC4=O)cc1OCCF. The van der Waals surface area contributed by atoms with Crippen molar-refractivity contribution in [2.24, 2.45) is 7.05 Å². The summed E-state index contributed by atoms with van der Waals surface area (Å²) in [7, 11) is 1.91. The number of benzene rings is 1. The molecule has 2 N–H and O–H groups in total. The molecule has 3 heterocycles. The summed E-state index contributed by atoms with van der Waals surface area (Å²) in [5, 5.41) is 6.87. The Hall–Kier alpha value is -3.60. The third-order valence-electron chi connectivity index (χ3n) is 4.72. The first-order chi connectivity index (χ1) is 13.6. The van der Waals surface area contributed by atoms with Crippen LogP contribution in [0.15, 0.2) is 30.3 Å². The van der Waals surface area contributed by atoms with E-state index in [1.165, 1.54) is 0 Å². The van der Waals surface area contributed by atoms with Crippen molar-refractivity contribution < 1.29 is 13.9 Å². The summed E-state index contributed by atoms with van der Waals surface area (Å²) in [5.41, 5.74) is 3.38. The van der Waals surface area contributed by atoms with Crippen molar-refractivity contribution in [3.63, 3.8) is 0 Å². The third kappa shape index (κ3) is 3.01. The number of ether oxygens (including phenoxy) is 1. The van der Waals surface area contributed by atoms with Crippen LogP contribution < -0.4 is 15.4 Å². The van der Waals surface area contributed by atoms with Crippen LogP contribution in [0.3, 0.4) is 0 Å². The molecule has 8 heteroatoms. The summed E-state index contributed by atoms with van der Waals surface area (Å²) in [5.74, 6) is 0.848. The van der Waals surface area contributed by atoms with Crippen molar-refractivity contribution in [3.8, 4) is 5.75 Å². The van der Waals surface area contributed by atoms with Crippen LogP contribution in [0.1, 0.15) is 16.1 Å². The molecule has 7 nitrogen and oxygen atoms in total. The molecule has 1 aromatic carbocycles. The van der Waals surface area contributed by atoms with E-state index in [-0.39, 0.29) is 12.5 Å². The third-order valence-corrected chi connectivity index (χ3v) is 4.72. The quantitative estimate of drug-likeness (QED) is 0.666. The molecular weight excluding hydrogens is 361 g/mol. The van der Waals surface area contributed by atoms with E-state index in [9.17, 15) is 9.18 Å². The molecule has 0 bridgehead atoms. The summed E-state index contributed by atoms with van der Waals surface area (Å²) in [6, 6.07) is 8.69. The average molecular weight is 379 g/mol. The Morgan fingerprint density at radius 1 is 1.39 bits per heavy atom. The minimum absolute atomic E-state index is 0.0706. The summed E-state index contributed by atoms with van der Waals surface area (Å²) >= 11 is 0. The number of amides is 1. The molecular formula is C20H18FN5O2. The first kappa shape index (κ1) is 17.8. The van der Waals surface area contributed by atoms with Gasteiger partial charge in [-0.2, -0.15) is 0 Å². The number of anilines is 2. The topological polar surface area (TPSA) is 72.5 Å². The fourth-order valence-corrected chi connectivity index (χ4v) is 3.44. The molecule has 1 aliphatic rings. The predicted octanol–water partition coefficient (Wildman–Crippen LogP) is 3.50. The number of fused-ring (bicyclic) bond motifs is 3.